The van der Waals surface area contributed by atoms with Crippen molar-refractivity contribution >= 4 is 0 Å². The Kier molecular flexibility index (Phi) is 6.93. The van der Waals surface area contributed by atoms with Gasteiger partial charge in [-0.15, -0.1) is 0 Å². The number of hydrogen-bond donors (Lipinski definition) is 0. The van der Waals surface area contributed by atoms with E-state index in [9.17, 15) is 0 Å². The van der Waals surface area contributed by atoms with Crippen LogP contribution in [0.3, 0.4) is 0 Å². The van der Waals surface area contributed by atoms with Gasteiger partial charge in [0, 0.05) is 13.6 Å². The average molecular weight is 169 g/mol. The number of rotatable bonds is 6. The number of unbranched alkanes of at least 4 members (excludes halogenated alkanes) is 1. The van der Waals surface area contributed by atoms with E-state index in [-0.39, 0.29) is 0 Å². The Balaban J connectivity index is 3.24. The van der Waals surface area contributed by atoms with Gasteiger partial charge in [-0.25, -0.2) is 0 Å². The molecule has 0 radical (unpaired) electrons. The van der Waals surface area contributed by atoms with E-state index in [0.717, 1.165) is 12.5 Å². The topological polar surface area (TPSA) is 3.24 Å². The van der Waals surface area contributed by atoms with Crippen molar-refractivity contribution in [2.75, 3.05) is 13.6 Å². The second-order valence-electron chi connectivity index (χ2n) is 3.78. The highest BCUT2D eigenvalue weighted by atomic mass is 15.1. The summed E-state index contributed by atoms with van der Waals surface area (Å²) in [6.07, 6.45) is 8.35. The van der Waals surface area contributed by atoms with Gasteiger partial charge in [-0.1, -0.05) is 26.3 Å². The lowest BCUT2D eigenvalue weighted by molar-refractivity contribution is 0.480. The maximum absolute atomic E-state index is 2.28. The third kappa shape index (κ3) is 7.64. The van der Waals surface area contributed by atoms with Crippen molar-refractivity contribution in [1.29, 1.82) is 0 Å². The van der Waals surface area contributed by atoms with E-state index in [0.29, 0.717) is 0 Å². The van der Waals surface area contributed by atoms with Crippen LogP contribution in [0.25, 0.3) is 0 Å². The maximum Gasteiger partial charge on any atom is 0.0140 e. The first-order chi connectivity index (χ1) is 5.66. The van der Waals surface area contributed by atoms with Gasteiger partial charge in [0.2, 0.25) is 0 Å². The maximum atomic E-state index is 2.28. The summed E-state index contributed by atoms with van der Waals surface area (Å²) in [7, 11) is 2.11. The van der Waals surface area contributed by atoms with Gasteiger partial charge in [-0.05, 0) is 31.9 Å². The molecule has 0 bridgehead atoms. The van der Waals surface area contributed by atoms with Gasteiger partial charge in [0.25, 0.3) is 0 Å². The highest BCUT2D eigenvalue weighted by molar-refractivity contribution is 4.79. The standard InChI is InChI=1S/C11H23N/c1-5-12(4)10-8-6-7-9-11(2)3/h8,10-11H,5-7,9H2,1-4H3. The molecule has 0 spiro atoms. The first-order valence-corrected chi connectivity index (χ1v) is 5.03. The molecule has 0 fully saturated rings. The Labute approximate surface area is 77.5 Å². The van der Waals surface area contributed by atoms with Crippen molar-refractivity contribution < 1.29 is 0 Å². The zero-order valence-corrected chi connectivity index (χ0v) is 9.01. The minimum atomic E-state index is 0.849. The van der Waals surface area contributed by atoms with Crippen molar-refractivity contribution in [3.05, 3.63) is 12.3 Å². The molecule has 0 aliphatic rings. The van der Waals surface area contributed by atoms with E-state index in [1.54, 1.807) is 0 Å². The lowest BCUT2D eigenvalue weighted by Crippen LogP contribution is -2.08. The van der Waals surface area contributed by atoms with Gasteiger partial charge < -0.3 is 4.90 Å². The van der Waals surface area contributed by atoms with E-state index < -0.39 is 0 Å². The first kappa shape index (κ1) is 11.5. The Morgan fingerprint density at radius 1 is 1.33 bits per heavy atom. The lowest BCUT2D eigenvalue weighted by Gasteiger charge is -2.09. The van der Waals surface area contributed by atoms with Crippen molar-refractivity contribution in [2.45, 2.75) is 40.0 Å². The molecule has 0 atom stereocenters. The molecule has 0 aromatic carbocycles. The van der Waals surface area contributed by atoms with Crippen molar-refractivity contribution in [3.63, 3.8) is 0 Å². The van der Waals surface area contributed by atoms with Crippen LogP contribution in [0, 0.1) is 5.92 Å². The summed E-state index contributed by atoms with van der Waals surface area (Å²) in [5.74, 6) is 0.849. The van der Waals surface area contributed by atoms with E-state index >= 15 is 0 Å². The van der Waals surface area contributed by atoms with Crippen LogP contribution >= 0.6 is 0 Å². The van der Waals surface area contributed by atoms with Crippen LogP contribution in [0.4, 0.5) is 0 Å². The Morgan fingerprint density at radius 2 is 2.00 bits per heavy atom. The molecule has 0 saturated heterocycles. The molecular formula is C11H23N. The van der Waals surface area contributed by atoms with Gasteiger partial charge in [-0.2, -0.15) is 0 Å². The monoisotopic (exact) mass is 169 g/mol. The Hall–Kier alpha value is -0.460. The molecule has 0 aromatic heterocycles. The van der Waals surface area contributed by atoms with Crippen LogP contribution in [-0.2, 0) is 0 Å². The van der Waals surface area contributed by atoms with Gasteiger partial charge >= 0.3 is 0 Å². The lowest BCUT2D eigenvalue weighted by atomic mass is 10.1. The molecule has 1 heteroatoms. The smallest absolute Gasteiger partial charge is 0.0140 e. The molecular weight excluding hydrogens is 146 g/mol. The normalized spacial score (nSPS) is 11.4. The molecule has 0 aromatic rings. The molecule has 0 heterocycles. The number of hydrogen-bond acceptors (Lipinski definition) is 1. The van der Waals surface area contributed by atoms with Crippen LogP contribution in [0.2, 0.25) is 0 Å². The molecule has 0 amide bonds. The molecule has 0 unspecified atom stereocenters. The van der Waals surface area contributed by atoms with Gasteiger partial charge in [-0.3, -0.25) is 0 Å². The van der Waals surface area contributed by atoms with Gasteiger partial charge in [0.15, 0.2) is 0 Å². The largest absolute Gasteiger partial charge is 0.381 e. The third-order valence-electron chi connectivity index (χ3n) is 2.01. The highest BCUT2D eigenvalue weighted by Crippen LogP contribution is 2.06. The highest BCUT2D eigenvalue weighted by Gasteiger charge is 1.91. The van der Waals surface area contributed by atoms with Crippen LogP contribution in [0.5, 0.6) is 0 Å². The van der Waals surface area contributed by atoms with Crippen molar-refractivity contribution in [1.82, 2.24) is 4.90 Å². The molecule has 1 nitrogen and oxygen atoms in total. The average Bonchev–Trinajstić information content (AvgIpc) is 2.03. The summed E-state index contributed by atoms with van der Waals surface area (Å²) < 4.78 is 0. The summed E-state index contributed by atoms with van der Waals surface area (Å²) in [6.45, 7) is 7.82. The van der Waals surface area contributed by atoms with Crippen molar-refractivity contribution in [2.24, 2.45) is 5.92 Å². The molecule has 0 saturated carbocycles. The molecule has 0 aliphatic carbocycles. The Morgan fingerprint density at radius 3 is 2.50 bits per heavy atom. The first-order valence-electron chi connectivity index (χ1n) is 5.03. The molecule has 0 aliphatic heterocycles. The van der Waals surface area contributed by atoms with E-state index in [1.807, 2.05) is 0 Å². The summed E-state index contributed by atoms with van der Waals surface area (Å²) in [5, 5.41) is 0. The molecule has 0 rings (SSSR count). The van der Waals surface area contributed by atoms with E-state index in [4.69, 9.17) is 0 Å². The summed E-state index contributed by atoms with van der Waals surface area (Å²) >= 11 is 0. The SMILES string of the molecule is CCN(C)C=CCCCC(C)C. The van der Waals surface area contributed by atoms with Crippen LogP contribution in [-0.4, -0.2) is 18.5 Å². The van der Waals surface area contributed by atoms with Crippen LogP contribution in [0.15, 0.2) is 12.3 Å². The van der Waals surface area contributed by atoms with Gasteiger partial charge in [0.05, 0.1) is 0 Å². The number of nitrogens with zero attached hydrogens (tertiary/aromatic N) is 1. The summed E-state index contributed by atoms with van der Waals surface area (Å²) in [6, 6.07) is 0. The quantitative estimate of drug-likeness (QED) is 0.552. The predicted octanol–water partition coefficient (Wildman–Crippen LogP) is 3.28. The fourth-order valence-electron chi connectivity index (χ4n) is 1.00. The molecule has 12 heavy (non-hydrogen) atoms. The third-order valence-corrected chi connectivity index (χ3v) is 2.01. The Bertz CT molecular complexity index is 116. The number of allylic oxidation sites excluding steroid dienone is 1. The summed E-state index contributed by atoms with van der Waals surface area (Å²) in [5.41, 5.74) is 0. The second-order valence-corrected chi connectivity index (χ2v) is 3.78. The molecule has 72 valence electrons. The van der Waals surface area contributed by atoms with Crippen molar-refractivity contribution in [3.8, 4) is 0 Å². The minimum Gasteiger partial charge on any atom is -0.381 e. The van der Waals surface area contributed by atoms with Crippen LogP contribution in [0.1, 0.15) is 40.0 Å². The fraction of sp³-hybridized carbons (Fsp3) is 0.818. The zero-order chi connectivity index (χ0) is 9.40. The van der Waals surface area contributed by atoms with Gasteiger partial charge in [0.1, 0.15) is 0 Å². The fourth-order valence-corrected chi connectivity index (χ4v) is 1.00. The van der Waals surface area contributed by atoms with Crippen LogP contribution < -0.4 is 0 Å². The zero-order valence-electron chi connectivity index (χ0n) is 9.01. The predicted molar refractivity (Wildman–Crippen MR) is 56.1 cm³/mol. The summed E-state index contributed by atoms with van der Waals surface area (Å²) in [4.78, 5) is 2.20. The minimum absolute atomic E-state index is 0.849. The van der Waals surface area contributed by atoms with E-state index in [2.05, 4.69) is 45.0 Å². The second kappa shape index (κ2) is 7.20. The van der Waals surface area contributed by atoms with E-state index in [1.165, 1.54) is 19.3 Å². The molecule has 0 N–H and O–H groups in total.